The van der Waals surface area contributed by atoms with Crippen molar-refractivity contribution in [2.45, 2.75) is 49.3 Å². The summed E-state index contributed by atoms with van der Waals surface area (Å²) < 4.78 is 0. The Bertz CT molecular complexity index is 3000. The highest BCUT2D eigenvalue weighted by Crippen LogP contribution is 2.50. The molecule has 0 unspecified atom stereocenters. The molecule has 4 N–H and O–H groups in total. The number of H-pyrrole nitrogens is 2. The third-order valence-corrected chi connectivity index (χ3v) is 12.2. The van der Waals surface area contributed by atoms with Crippen LogP contribution in [-0.4, -0.2) is 31.6 Å². The molecule has 2 aromatic heterocycles. The van der Waals surface area contributed by atoms with Crippen molar-refractivity contribution in [3.05, 3.63) is 188 Å². The number of aromatic nitrogens is 2. The van der Waals surface area contributed by atoms with E-state index in [0.29, 0.717) is 33.6 Å². The summed E-state index contributed by atoms with van der Waals surface area (Å²) in [5, 5.41) is 34.4. The molecular weight excluding hydrogens is 837 g/mol. The number of benzene rings is 6. The maximum absolute atomic E-state index is 13.4. The van der Waals surface area contributed by atoms with Gasteiger partial charge in [-0.3, -0.25) is 29.8 Å². The zero-order chi connectivity index (χ0) is 45.8. The van der Waals surface area contributed by atoms with Crippen molar-refractivity contribution < 1.29 is 19.4 Å². The maximum Gasteiger partial charge on any atom is 0.291 e. The number of amides is 2. The highest BCUT2D eigenvalue weighted by molar-refractivity contribution is 7.99. The van der Waals surface area contributed by atoms with Gasteiger partial charge in [-0.25, -0.2) is 0 Å². The predicted molar refractivity (Wildman–Crippen MR) is 261 cm³/mol. The Labute approximate surface area is 378 Å². The van der Waals surface area contributed by atoms with Gasteiger partial charge in [0.15, 0.2) is 0 Å². The Morgan fingerprint density at radius 2 is 0.985 bits per heavy atom. The summed E-state index contributed by atoms with van der Waals surface area (Å²) in [6, 6.07) is 36.1. The lowest BCUT2D eigenvalue weighted by Crippen LogP contribution is -2.08. The molecule has 0 aliphatic carbocycles. The Kier molecular flexibility index (Phi) is 12.6. The molecule has 0 aliphatic heterocycles. The first-order chi connectivity index (χ1) is 31.4. The number of aromatic amines is 2. The second-order valence-electron chi connectivity index (χ2n) is 16.1. The number of fused-ring (bicyclic) bond motifs is 2. The molecule has 0 saturated heterocycles. The molecule has 0 saturated carbocycles. The first kappa shape index (κ1) is 43.6. The summed E-state index contributed by atoms with van der Waals surface area (Å²) in [5.41, 5.74) is 6.77. The third kappa shape index (κ3) is 9.36. The molecule has 13 heteroatoms. The molecule has 0 atom stereocenters. The van der Waals surface area contributed by atoms with E-state index in [1.54, 1.807) is 60.7 Å². The minimum absolute atomic E-state index is 0.0270. The van der Waals surface area contributed by atoms with Crippen LogP contribution in [-0.2, 0) is 9.59 Å². The van der Waals surface area contributed by atoms with E-state index in [1.165, 1.54) is 12.2 Å². The van der Waals surface area contributed by atoms with Gasteiger partial charge >= 0.3 is 0 Å². The molecule has 8 aromatic rings. The minimum atomic E-state index is -0.470. The van der Waals surface area contributed by atoms with Gasteiger partial charge in [-0.05, 0) is 118 Å². The normalized spacial score (nSPS) is 11.7. The van der Waals surface area contributed by atoms with Crippen molar-refractivity contribution in [1.82, 2.24) is 9.97 Å². The van der Waals surface area contributed by atoms with E-state index in [2.05, 4.69) is 20.6 Å². The number of hydrogen-bond donors (Lipinski definition) is 4. The van der Waals surface area contributed by atoms with Gasteiger partial charge in [0.1, 0.15) is 0 Å². The van der Waals surface area contributed by atoms with Crippen LogP contribution < -0.4 is 10.6 Å². The topological polar surface area (TPSA) is 176 Å². The van der Waals surface area contributed by atoms with Crippen molar-refractivity contribution in [2.24, 2.45) is 0 Å². The largest absolute Gasteiger partial charge is 0.361 e. The summed E-state index contributed by atoms with van der Waals surface area (Å²) in [7, 11) is 0. The van der Waals surface area contributed by atoms with Gasteiger partial charge < -0.3 is 20.6 Å². The van der Waals surface area contributed by atoms with Crippen LogP contribution >= 0.6 is 11.8 Å². The minimum Gasteiger partial charge on any atom is -0.361 e. The van der Waals surface area contributed by atoms with E-state index in [0.717, 1.165) is 44.7 Å². The van der Waals surface area contributed by atoms with Gasteiger partial charge in [-0.2, -0.15) is 0 Å². The fraction of sp³-hybridized carbons (Fsp3) is 0.115. The molecule has 65 heavy (non-hydrogen) atoms. The molecule has 2 heterocycles. The van der Waals surface area contributed by atoms with Crippen LogP contribution in [0.1, 0.15) is 61.8 Å². The second kappa shape index (κ2) is 18.8. The lowest BCUT2D eigenvalue weighted by molar-refractivity contribution is -0.387. The lowest BCUT2D eigenvalue weighted by atomic mass is 9.89. The molecule has 0 aliphatic rings. The zero-order valence-electron chi connectivity index (χ0n) is 35.9. The van der Waals surface area contributed by atoms with E-state index in [4.69, 9.17) is 0 Å². The van der Waals surface area contributed by atoms with Crippen LogP contribution in [0.15, 0.2) is 156 Å². The van der Waals surface area contributed by atoms with Crippen LogP contribution in [0.5, 0.6) is 0 Å². The average molecular weight is 881 g/mol. The molecule has 6 aromatic carbocycles. The highest BCUT2D eigenvalue weighted by atomic mass is 32.2. The number of nitro groups is 2. The number of anilines is 2. The van der Waals surface area contributed by atoms with Crippen LogP contribution in [0.25, 0.3) is 56.2 Å². The third-order valence-electron chi connectivity index (χ3n) is 11.1. The standard InChI is InChI=1S/C52H44N6O6S/c1-31(2)39-9-5-7-11-41(39)49-33(15-23-47(59)55-37-17-19-43-35(29-37)25-27-53-43)13-21-45(51(49)57(61)62)65-46-22-14-34(16-24-48(60)56-38-18-20-44-36(30-38)26-28-54-44)50(52(46)58(63)64)42-12-8-6-10-40(42)32(3)4/h5-32,53-54H,1-4H3,(H,55,59)(H,56,60)/b23-15+,24-16+. The Balaban J connectivity index is 1.23. The second-order valence-corrected chi connectivity index (χ2v) is 17.1. The summed E-state index contributed by atoms with van der Waals surface area (Å²) in [4.78, 5) is 59.1. The fourth-order valence-electron chi connectivity index (χ4n) is 8.08. The number of rotatable bonds is 14. The van der Waals surface area contributed by atoms with Crippen LogP contribution in [0.3, 0.4) is 0 Å². The molecule has 2 amide bonds. The van der Waals surface area contributed by atoms with Crippen molar-refractivity contribution in [3.8, 4) is 22.3 Å². The van der Waals surface area contributed by atoms with E-state index < -0.39 is 21.7 Å². The van der Waals surface area contributed by atoms with Crippen LogP contribution in [0.4, 0.5) is 22.7 Å². The molecule has 324 valence electrons. The average Bonchev–Trinajstić information content (AvgIpc) is 3.97. The van der Waals surface area contributed by atoms with Crippen LogP contribution in [0.2, 0.25) is 0 Å². The number of carbonyl (C=O) groups excluding carboxylic acids is 2. The summed E-state index contributed by atoms with van der Waals surface area (Å²) in [5.74, 6) is -0.918. The molecule has 0 fully saturated rings. The van der Waals surface area contributed by atoms with E-state index in [9.17, 15) is 29.8 Å². The van der Waals surface area contributed by atoms with Crippen molar-refractivity contribution in [3.63, 3.8) is 0 Å². The van der Waals surface area contributed by atoms with E-state index in [-0.39, 0.29) is 44.1 Å². The Morgan fingerprint density at radius 1 is 0.569 bits per heavy atom. The monoisotopic (exact) mass is 880 g/mol. The quantitative estimate of drug-likeness (QED) is 0.0477. The molecule has 0 radical (unpaired) electrons. The molecule has 8 rings (SSSR count). The van der Waals surface area contributed by atoms with Crippen LogP contribution in [0, 0.1) is 20.2 Å². The number of hydrogen-bond acceptors (Lipinski definition) is 7. The predicted octanol–water partition coefficient (Wildman–Crippen LogP) is 13.5. The highest BCUT2D eigenvalue weighted by Gasteiger charge is 2.31. The smallest absolute Gasteiger partial charge is 0.291 e. The summed E-state index contributed by atoms with van der Waals surface area (Å²) in [6.45, 7) is 7.98. The summed E-state index contributed by atoms with van der Waals surface area (Å²) >= 11 is 0.921. The maximum atomic E-state index is 13.4. The van der Waals surface area contributed by atoms with Crippen molar-refractivity contribution in [1.29, 1.82) is 0 Å². The SMILES string of the molecule is CC(C)c1ccccc1-c1c(/C=C/C(=O)Nc2ccc3[nH]ccc3c2)ccc(Sc2ccc(/C=C/C(=O)Nc3ccc4[nH]ccc4c3)c(-c3ccccc3C(C)C)c2[N+](=O)[O-])c1[N+](=O)[O-]. The zero-order valence-corrected chi connectivity index (χ0v) is 36.7. The van der Waals surface area contributed by atoms with E-state index >= 15 is 0 Å². The van der Waals surface area contributed by atoms with Crippen molar-refractivity contribution in [2.75, 3.05) is 10.6 Å². The van der Waals surface area contributed by atoms with E-state index in [1.807, 2.05) is 113 Å². The first-order valence-corrected chi connectivity index (χ1v) is 21.8. The Hall–Kier alpha value is -8.03. The van der Waals surface area contributed by atoms with Gasteiger partial charge in [-0.15, -0.1) is 0 Å². The number of nitrogens with zero attached hydrogens (tertiary/aromatic N) is 2. The number of nitrogens with one attached hydrogen (secondary N) is 4. The molecule has 0 bridgehead atoms. The number of nitro benzene ring substituents is 2. The van der Waals surface area contributed by atoms with Gasteiger partial charge in [0.2, 0.25) is 11.8 Å². The first-order valence-electron chi connectivity index (χ1n) is 21.0. The van der Waals surface area contributed by atoms with Gasteiger partial charge in [0.25, 0.3) is 11.4 Å². The molecular formula is C52H44N6O6S. The molecule has 0 spiro atoms. The number of carbonyl (C=O) groups is 2. The van der Waals surface area contributed by atoms with Gasteiger partial charge in [0.05, 0.1) is 30.8 Å². The van der Waals surface area contributed by atoms with Gasteiger partial charge in [-0.1, -0.05) is 100 Å². The Morgan fingerprint density at radius 3 is 1.38 bits per heavy atom. The van der Waals surface area contributed by atoms with Crippen molar-refractivity contribution >= 4 is 80.3 Å². The molecule has 12 nitrogen and oxygen atoms in total. The lowest BCUT2D eigenvalue weighted by Gasteiger charge is -2.18. The summed E-state index contributed by atoms with van der Waals surface area (Å²) in [6.07, 6.45) is 9.41. The van der Waals surface area contributed by atoms with Gasteiger partial charge in [0, 0.05) is 57.7 Å². The fourth-order valence-corrected chi connectivity index (χ4v) is 9.14.